The van der Waals surface area contributed by atoms with Gasteiger partial charge in [0.15, 0.2) is 0 Å². The van der Waals surface area contributed by atoms with E-state index in [0.717, 1.165) is 5.57 Å². The summed E-state index contributed by atoms with van der Waals surface area (Å²) in [6.45, 7) is 4.83. The number of hydrogen-bond donors (Lipinski definition) is 2. The van der Waals surface area contributed by atoms with Crippen LogP contribution in [-0.2, 0) is 4.79 Å². The van der Waals surface area contributed by atoms with Gasteiger partial charge in [-0.25, -0.2) is 4.79 Å². The molecule has 2 N–H and O–H groups in total. The lowest BCUT2D eigenvalue weighted by molar-refractivity contribution is -0.139. The Morgan fingerprint density at radius 1 is 1.38 bits per heavy atom. The largest absolute Gasteiger partial charge is 0.481 e. The van der Waals surface area contributed by atoms with Crippen molar-refractivity contribution in [3.05, 3.63) is 41.5 Å². The van der Waals surface area contributed by atoms with Crippen LogP contribution in [0.1, 0.15) is 31.7 Å². The van der Waals surface area contributed by atoms with Crippen molar-refractivity contribution in [3.63, 3.8) is 0 Å². The van der Waals surface area contributed by atoms with Crippen molar-refractivity contribution < 1.29 is 14.7 Å². The average molecular weight is 288 g/mol. The molecule has 21 heavy (non-hydrogen) atoms. The number of nitrogens with zero attached hydrogens (tertiary/aromatic N) is 1. The van der Waals surface area contributed by atoms with Crippen molar-refractivity contribution >= 4 is 17.7 Å². The maximum atomic E-state index is 12.3. The highest BCUT2D eigenvalue weighted by Gasteiger charge is 2.32. The highest BCUT2D eigenvalue weighted by atomic mass is 16.4. The van der Waals surface area contributed by atoms with Crippen molar-refractivity contribution in [2.45, 2.75) is 26.2 Å². The first-order valence-corrected chi connectivity index (χ1v) is 7.01. The van der Waals surface area contributed by atoms with Crippen LogP contribution in [0, 0.1) is 0 Å². The smallest absolute Gasteiger partial charge is 0.322 e. The van der Waals surface area contributed by atoms with Gasteiger partial charge in [-0.15, -0.1) is 0 Å². The molecule has 1 aromatic carbocycles. The predicted octanol–water partition coefficient (Wildman–Crippen LogP) is 2.74. The number of fused-ring (bicyclic) bond motifs is 1. The third kappa shape index (κ3) is 3.42. The van der Waals surface area contributed by atoms with E-state index < -0.39 is 11.9 Å². The van der Waals surface area contributed by atoms with Crippen LogP contribution in [0.15, 0.2) is 35.9 Å². The first-order chi connectivity index (χ1) is 10.0. The SMILES string of the molecule is CC(C)=CCNC(=O)N1CCC(C(=O)O)c2ccccc21. The number of anilines is 1. The molecule has 1 unspecified atom stereocenters. The number of nitrogens with one attached hydrogen (secondary N) is 1. The van der Waals surface area contributed by atoms with Gasteiger partial charge in [-0.3, -0.25) is 9.69 Å². The second-order valence-corrected chi connectivity index (χ2v) is 5.36. The predicted molar refractivity (Wildman–Crippen MR) is 81.6 cm³/mol. The van der Waals surface area contributed by atoms with Crippen LogP contribution in [0.25, 0.3) is 0 Å². The second-order valence-electron chi connectivity index (χ2n) is 5.36. The van der Waals surface area contributed by atoms with Gasteiger partial charge in [0.25, 0.3) is 0 Å². The van der Waals surface area contributed by atoms with Crippen molar-refractivity contribution in [1.29, 1.82) is 0 Å². The summed E-state index contributed by atoms with van der Waals surface area (Å²) in [6, 6.07) is 7.01. The lowest BCUT2D eigenvalue weighted by atomic mass is 9.90. The number of urea groups is 1. The van der Waals surface area contributed by atoms with Crippen LogP contribution in [0.5, 0.6) is 0 Å². The van der Waals surface area contributed by atoms with Crippen LogP contribution >= 0.6 is 0 Å². The average Bonchev–Trinajstić information content (AvgIpc) is 2.45. The molecule has 1 aliphatic heterocycles. The first kappa shape index (κ1) is 15.1. The minimum Gasteiger partial charge on any atom is -0.481 e. The van der Waals surface area contributed by atoms with Gasteiger partial charge in [0.2, 0.25) is 0 Å². The number of para-hydroxylation sites is 1. The topological polar surface area (TPSA) is 69.6 Å². The summed E-state index contributed by atoms with van der Waals surface area (Å²) in [7, 11) is 0. The molecule has 2 amide bonds. The van der Waals surface area contributed by atoms with Gasteiger partial charge in [-0.05, 0) is 31.9 Å². The fourth-order valence-corrected chi connectivity index (χ4v) is 2.47. The quantitative estimate of drug-likeness (QED) is 0.840. The number of allylic oxidation sites excluding steroid dienone is 1. The Labute approximate surface area is 124 Å². The molecule has 0 spiro atoms. The van der Waals surface area contributed by atoms with Crippen LogP contribution in [0.3, 0.4) is 0 Å². The second kappa shape index (κ2) is 6.43. The standard InChI is InChI=1S/C16H20N2O3/c1-11(2)7-9-17-16(21)18-10-8-13(15(19)20)12-5-3-4-6-14(12)18/h3-7,13H,8-10H2,1-2H3,(H,17,21)(H,19,20). The number of carboxylic acid groups (broad SMARTS) is 1. The lowest BCUT2D eigenvalue weighted by Crippen LogP contribution is -2.44. The molecule has 5 heteroatoms. The molecule has 0 saturated carbocycles. The van der Waals surface area contributed by atoms with E-state index in [4.69, 9.17) is 0 Å². The monoisotopic (exact) mass is 288 g/mol. The number of carbonyl (C=O) groups is 2. The van der Waals surface area contributed by atoms with Gasteiger partial charge in [-0.1, -0.05) is 29.8 Å². The molecule has 5 nitrogen and oxygen atoms in total. The molecule has 2 rings (SSSR count). The normalized spacial score (nSPS) is 16.9. The van der Waals surface area contributed by atoms with Crippen LogP contribution < -0.4 is 10.2 Å². The third-order valence-corrected chi connectivity index (χ3v) is 3.55. The maximum absolute atomic E-state index is 12.3. The molecule has 0 fully saturated rings. The molecule has 1 heterocycles. The molecule has 0 bridgehead atoms. The van der Waals surface area contributed by atoms with E-state index in [1.54, 1.807) is 23.1 Å². The van der Waals surface area contributed by atoms with Crippen LogP contribution in [0.4, 0.5) is 10.5 Å². The molecule has 1 atom stereocenters. The van der Waals surface area contributed by atoms with E-state index in [1.165, 1.54) is 0 Å². The number of aliphatic carboxylic acids is 1. The van der Waals surface area contributed by atoms with Gasteiger partial charge in [0, 0.05) is 18.8 Å². The minimum absolute atomic E-state index is 0.191. The van der Waals surface area contributed by atoms with E-state index in [9.17, 15) is 14.7 Å². The summed E-state index contributed by atoms with van der Waals surface area (Å²) in [6.07, 6.45) is 2.37. The summed E-state index contributed by atoms with van der Waals surface area (Å²) >= 11 is 0. The number of carboxylic acids is 1. The molecule has 0 radical (unpaired) electrons. The Kier molecular flexibility index (Phi) is 4.62. The lowest BCUT2D eigenvalue weighted by Gasteiger charge is -2.32. The molecule has 0 aromatic heterocycles. The number of hydrogen-bond acceptors (Lipinski definition) is 2. The molecular formula is C16H20N2O3. The number of benzene rings is 1. The van der Waals surface area contributed by atoms with Crippen LogP contribution in [0.2, 0.25) is 0 Å². The Balaban J connectivity index is 2.19. The van der Waals surface area contributed by atoms with Gasteiger partial charge in [0.1, 0.15) is 0 Å². The molecule has 0 saturated heterocycles. The van der Waals surface area contributed by atoms with Gasteiger partial charge >= 0.3 is 12.0 Å². The van der Waals surface area contributed by atoms with E-state index in [-0.39, 0.29) is 6.03 Å². The Bertz CT molecular complexity index is 577. The van der Waals surface area contributed by atoms with Crippen LogP contribution in [-0.4, -0.2) is 30.2 Å². The van der Waals surface area contributed by atoms with Crippen molar-refractivity contribution in [2.75, 3.05) is 18.0 Å². The van der Waals surface area contributed by atoms with Crippen molar-refractivity contribution in [3.8, 4) is 0 Å². The molecule has 0 aliphatic carbocycles. The minimum atomic E-state index is -0.841. The summed E-state index contributed by atoms with van der Waals surface area (Å²) in [5, 5.41) is 12.1. The Hall–Kier alpha value is -2.30. The fraction of sp³-hybridized carbons (Fsp3) is 0.375. The zero-order valence-electron chi connectivity index (χ0n) is 12.3. The highest BCUT2D eigenvalue weighted by molar-refractivity contribution is 5.95. The number of carbonyl (C=O) groups excluding carboxylic acids is 1. The molecule has 1 aromatic rings. The van der Waals surface area contributed by atoms with Gasteiger partial charge in [-0.2, -0.15) is 0 Å². The first-order valence-electron chi connectivity index (χ1n) is 7.01. The zero-order valence-corrected chi connectivity index (χ0v) is 12.3. The van der Waals surface area contributed by atoms with E-state index in [2.05, 4.69) is 5.32 Å². The number of amides is 2. The van der Waals surface area contributed by atoms with E-state index in [0.29, 0.717) is 30.8 Å². The molecule has 1 aliphatic rings. The summed E-state index contributed by atoms with van der Waals surface area (Å²) in [5.41, 5.74) is 2.53. The van der Waals surface area contributed by atoms with Crippen molar-refractivity contribution in [1.82, 2.24) is 5.32 Å². The highest BCUT2D eigenvalue weighted by Crippen LogP contribution is 2.35. The van der Waals surface area contributed by atoms with E-state index >= 15 is 0 Å². The summed E-state index contributed by atoms with van der Waals surface area (Å²) in [4.78, 5) is 25.2. The van der Waals surface area contributed by atoms with Gasteiger partial charge < -0.3 is 10.4 Å². The fourth-order valence-electron chi connectivity index (χ4n) is 2.47. The summed E-state index contributed by atoms with van der Waals surface area (Å²) < 4.78 is 0. The maximum Gasteiger partial charge on any atom is 0.322 e. The van der Waals surface area contributed by atoms with E-state index in [1.807, 2.05) is 26.0 Å². The molecular weight excluding hydrogens is 268 g/mol. The zero-order chi connectivity index (χ0) is 15.4. The van der Waals surface area contributed by atoms with Crippen molar-refractivity contribution in [2.24, 2.45) is 0 Å². The Morgan fingerprint density at radius 2 is 2.10 bits per heavy atom. The molecule has 112 valence electrons. The van der Waals surface area contributed by atoms with Gasteiger partial charge in [0.05, 0.1) is 5.92 Å². The third-order valence-electron chi connectivity index (χ3n) is 3.55. The summed E-state index contributed by atoms with van der Waals surface area (Å²) in [5.74, 6) is -1.38. The Morgan fingerprint density at radius 3 is 2.76 bits per heavy atom. The number of rotatable bonds is 3.